The minimum absolute atomic E-state index is 0.563. The molecule has 1 aliphatic rings. The van der Waals surface area contributed by atoms with E-state index in [0.717, 1.165) is 14.0 Å². The molecule has 0 aromatic heterocycles. The minimum Gasteiger partial charge on any atom is -0.465 e. The molecule has 0 spiro atoms. The third-order valence-electron chi connectivity index (χ3n) is 3.38. The van der Waals surface area contributed by atoms with Gasteiger partial charge in [0.25, 0.3) is 5.79 Å². The van der Waals surface area contributed by atoms with Gasteiger partial charge in [-0.1, -0.05) is 0 Å². The summed E-state index contributed by atoms with van der Waals surface area (Å²) >= 11 is 0. The predicted octanol–water partition coefficient (Wildman–Crippen LogP) is -3.78. The molecule has 128 valence electrons. The van der Waals surface area contributed by atoms with Crippen LogP contribution < -0.4 is 5.32 Å². The highest BCUT2D eigenvalue weighted by Gasteiger charge is 2.54. The lowest BCUT2D eigenvalue weighted by Crippen LogP contribution is -2.67. The van der Waals surface area contributed by atoms with Crippen LogP contribution >= 0.6 is 0 Å². The van der Waals surface area contributed by atoms with Crippen molar-refractivity contribution in [3.63, 3.8) is 0 Å². The van der Waals surface area contributed by atoms with Crippen LogP contribution in [-0.4, -0.2) is 87.4 Å². The van der Waals surface area contributed by atoms with Gasteiger partial charge in [0.05, 0.1) is 25.9 Å². The van der Waals surface area contributed by atoms with Crippen molar-refractivity contribution in [3.8, 4) is 0 Å². The molecule has 0 radical (unpaired) electrons. The molecule has 10 heteroatoms. The van der Waals surface area contributed by atoms with E-state index in [1.807, 2.05) is 0 Å². The Morgan fingerprint density at radius 3 is 2.50 bits per heavy atom. The van der Waals surface area contributed by atoms with Gasteiger partial charge in [-0.2, -0.15) is 0 Å². The van der Waals surface area contributed by atoms with Crippen molar-refractivity contribution < 1.29 is 44.6 Å². The largest absolute Gasteiger partial charge is 0.465 e. The van der Waals surface area contributed by atoms with Crippen molar-refractivity contribution in [1.29, 1.82) is 0 Å². The Morgan fingerprint density at radius 1 is 1.45 bits per heavy atom. The highest BCUT2D eigenvalue weighted by Crippen LogP contribution is 2.31. The average Bonchev–Trinajstić information content (AvgIpc) is 2.46. The Balaban J connectivity index is 3.09. The summed E-state index contributed by atoms with van der Waals surface area (Å²) in [4.78, 5) is 22.8. The standard InChI is InChI=1S/C12H21NO9/c1-5(15)13-8-6(16)3-12(20,11(19)21-2)22-10(8)9(18)7(17)4-14/h6-10,14,16-18,20H,3-4H2,1-2H3,(H,13,15)/t6-,7+,8+,9+,10+,12-/m0/s1. The molecule has 6 N–H and O–H groups in total. The van der Waals surface area contributed by atoms with Crippen molar-refractivity contribution in [3.05, 3.63) is 0 Å². The summed E-state index contributed by atoms with van der Waals surface area (Å²) in [6.45, 7) is 0.320. The molecule has 0 aromatic carbocycles. The van der Waals surface area contributed by atoms with Crippen molar-refractivity contribution >= 4 is 11.9 Å². The lowest BCUT2D eigenvalue weighted by molar-refractivity contribution is -0.296. The fourth-order valence-corrected chi connectivity index (χ4v) is 2.29. The first-order valence-electron chi connectivity index (χ1n) is 6.57. The Hall–Kier alpha value is -1.30. The molecule has 1 rings (SSSR count). The number of aliphatic hydroxyl groups excluding tert-OH is 4. The normalized spacial score (nSPS) is 34.6. The third-order valence-corrected chi connectivity index (χ3v) is 3.38. The van der Waals surface area contributed by atoms with Gasteiger partial charge in [0.2, 0.25) is 5.91 Å². The number of amides is 1. The second-order valence-electron chi connectivity index (χ2n) is 5.10. The van der Waals surface area contributed by atoms with Crippen molar-refractivity contribution in [2.45, 2.75) is 49.6 Å². The maximum Gasteiger partial charge on any atom is 0.366 e. The lowest BCUT2D eigenvalue weighted by atomic mass is 9.88. The van der Waals surface area contributed by atoms with Crippen LogP contribution in [0.5, 0.6) is 0 Å². The molecule has 0 saturated carbocycles. The van der Waals surface area contributed by atoms with Crippen LogP contribution in [0, 0.1) is 0 Å². The van der Waals surface area contributed by atoms with Crippen molar-refractivity contribution in [2.75, 3.05) is 13.7 Å². The molecule has 0 aliphatic carbocycles. The molecule has 6 atom stereocenters. The average molecular weight is 323 g/mol. The number of ether oxygens (including phenoxy) is 2. The summed E-state index contributed by atoms with van der Waals surface area (Å²) in [5.74, 6) is -4.32. The summed E-state index contributed by atoms with van der Waals surface area (Å²) in [6, 6.07) is -1.21. The first-order chi connectivity index (χ1) is 10.2. The molecule has 0 bridgehead atoms. The van der Waals surface area contributed by atoms with E-state index in [1.54, 1.807) is 0 Å². The van der Waals surface area contributed by atoms with Gasteiger partial charge in [-0.3, -0.25) is 4.79 Å². The minimum atomic E-state index is -2.55. The highest BCUT2D eigenvalue weighted by atomic mass is 16.7. The van der Waals surface area contributed by atoms with Crippen molar-refractivity contribution in [2.24, 2.45) is 0 Å². The molecule has 1 amide bonds. The Labute approximate surface area is 126 Å². The zero-order valence-electron chi connectivity index (χ0n) is 12.2. The zero-order chi connectivity index (χ0) is 17.1. The topological polar surface area (TPSA) is 166 Å². The number of carbonyl (C=O) groups is 2. The van der Waals surface area contributed by atoms with E-state index >= 15 is 0 Å². The van der Waals surface area contributed by atoms with E-state index in [-0.39, 0.29) is 0 Å². The van der Waals surface area contributed by atoms with E-state index in [1.165, 1.54) is 0 Å². The van der Waals surface area contributed by atoms with Crippen LogP contribution in [0.25, 0.3) is 0 Å². The molecule has 1 aliphatic heterocycles. The first-order valence-corrected chi connectivity index (χ1v) is 6.57. The SMILES string of the molecule is COC(=O)[C@]1(O)C[C@H](O)[C@@H](NC(C)=O)[C@H]([C@H](O)[C@H](O)CO)O1. The van der Waals surface area contributed by atoms with Crippen LogP contribution in [0.15, 0.2) is 0 Å². The van der Waals surface area contributed by atoms with Gasteiger partial charge in [-0.05, 0) is 0 Å². The lowest BCUT2D eigenvalue weighted by Gasteiger charge is -2.45. The van der Waals surface area contributed by atoms with E-state index in [0.29, 0.717) is 0 Å². The second-order valence-corrected chi connectivity index (χ2v) is 5.10. The van der Waals surface area contributed by atoms with Gasteiger partial charge in [-0.25, -0.2) is 4.79 Å². The fourth-order valence-electron chi connectivity index (χ4n) is 2.29. The molecule has 22 heavy (non-hydrogen) atoms. The van der Waals surface area contributed by atoms with Gasteiger partial charge in [0.15, 0.2) is 0 Å². The third kappa shape index (κ3) is 3.91. The quantitative estimate of drug-likeness (QED) is 0.278. The molecular formula is C12H21NO9. The number of hydrogen-bond donors (Lipinski definition) is 6. The van der Waals surface area contributed by atoms with E-state index in [4.69, 9.17) is 9.84 Å². The van der Waals surface area contributed by atoms with Crippen molar-refractivity contribution in [1.82, 2.24) is 5.32 Å². The smallest absolute Gasteiger partial charge is 0.366 e. The predicted molar refractivity (Wildman–Crippen MR) is 69.2 cm³/mol. The molecule has 0 aromatic rings. The molecule has 1 heterocycles. The van der Waals surface area contributed by atoms with E-state index in [2.05, 4.69) is 10.1 Å². The van der Waals surface area contributed by atoms with Gasteiger partial charge in [0, 0.05) is 13.3 Å². The molecular weight excluding hydrogens is 302 g/mol. The molecule has 1 saturated heterocycles. The summed E-state index contributed by atoms with van der Waals surface area (Å²) in [7, 11) is 0.990. The zero-order valence-corrected chi connectivity index (χ0v) is 12.2. The fraction of sp³-hybridized carbons (Fsp3) is 0.833. The molecule has 10 nitrogen and oxygen atoms in total. The van der Waals surface area contributed by atoms with Crippen LogP contribution in [0.4, 0.5) is 0 Å². The van der Waals surface area contributed by atoms with Crippen LogP contribution in [0.2, 0.25) is 0 Å². The maximum absolute atomic E-state index is 11.6. The van der Waals surface area contributed by atoms with E-state index < -0.39 is 61.1 Å². The number of nitrogens with one attached hydrogen (secondary N) is 1. The highest BCUT2D eigenvalue weighted by molar-refractivity contribution is 5.78. The second kappa shape index (κ2) is 7.31. The molecule has 0 unspecified atom stereocenters. The Morgan fingerprint density at radius 2 is 2.05 bits per heavy atom. The number of methoxy groups -OCH3 is 1. The van der Waals surface area contributed by atoms with Gasteiger partial charge < -0.3 is 40.3 Å². The van der Waals surface area contributed by atoms with Crippen LogP contribution in [0.1, 0.15) is 13.3 Å². The number of aliphatic hydroxyl groups is 5. The number of rotatable bonds is 5. The Kier molecular flexibility index (Phi) is 6.23. The molecule has 1 fully saturated rings. The van der Waals surface area contributed by atoms with E-state index in [9.17, 15) is 30.0 Å². The summed E-state index contributed by atoms with van der Waals surface area (Å²) < 4.78 is 9.45. The van der Waals surface area contributed by atoms with Crippen LogP contribution in [0.3, 0.4) is 0 Å². The number of hydrogen-bond acceptors (Lipinski definition) is 9. The maximum atomic E-state index is 11.6. The van der Waals surface area contributed by atoms with Gasteiger partial charge >= 0.3 is 5.97 Å². The number of carbonyl (C=O) groups excluding carboxylic acids is 2. The van der Waals surface area contributed by atoms with Crippen LogP contribution in [-0.2, 0) is 19.1 Å². The monoisotopic (exact) mass is 323 g/mol. The summed E-state index contributed by atoms with van der Waals surface area (Å²) in [6.07, 6.45) is -7.09. The first kappa shape index (κ1) is 18.7. The Bertz CT molecular complexity index is 417. The number of esters is 1. The van der Waals surface area contributed by atoms with Gasteiger partial charge in [-0.15, -0.1) is 0 Å². The van der Waals surface area contributed by atoms with Gasteiger partial charge in [0.1, 0.15) is 18.3 Å². The summed E-state index contributed by atoms with van der Waals surface area (Å²) in [5.41, 5.74) is 0. The summed E-state index contributed by atoms with van der Waals surface area (Å²) in [5, 5.41) is 50.8.